The summed E-state index contributed by atoms with van der Waals surface area (Å²) in [5.74, 6) is 1.14. The van der Waals surface area contributed by atoms with Gasteiger partial charge in [0.25, 0.3) is 0 Å². The Hall–Kier alpha value is 0.01000. The zero-order valence-corrected chi connectivity index (χ0v) is 9.17. The Morgan fingerprint density at radius 1 is 1.58 bits per heavy atom. The van der Waals surface area contributed by atoms with Gasteiger partial charge >= 0.3 is 0 Å². The monoisotopic (exact) mass is 201 g/mol. The minimum atomic E-state index is 0.508. The molecule has 0 aliphatic carbocycles. The Morgan fingerprint density at radius 3 is 2.75 bits per heavy atom. The molecular weight excluding hydrogens is 186 g/mol. The van der Waals surface area contributed by atoms with Gasteiger partial charge in [0.15, 0.2) is 0 Å². The van der Waals surface area contributed by atoms with Crippen LogP contribution in [0.1, 0.15) is 21.9 Å². The zero-order valence-electron chi connectivity index (χ0n) is 7.54. The molecule has 2 N–H and O–H groups in total. The first kappa shape index (κ1) is 10.1. The fourth-order valence-corrected chi connectivity index (χ4v) is 3.10. The Balaban J connectivity index is 2.66. The van der Waals surface area contributed by atoms with Crippen molar-refractivity contribution in [3.63, 3.8) is 0 Å². The molecule has 1 atom stereocenters. The van der Waals surface area contributed by atoms with Gasteiger partial charge in [-0.05, 0) is 24.8 Å². The third-order valence-electron chi connectivity index (χ3n) is 1.66. The zero-order chi connectivity index (χ0) is 8.97. The van der Waals surface area contributed by atoms with E-state index in [-0.39, 0.29) is 0 Å². The van der Waals surface area contributed by atoms with Gasteiger partial charge in [0, 0.05) is 16.3 Å². The van der Waals surface area contributed by atoms with E-state index in [1.165, 1.54) is 9.75 Å². The van der Waals surface area contributed by atoms with Crippen LogP contribution < -0.4 is 5.73 Å². The van der Waals surface area contributed by atoms with Gasteiger partial charge in [-0.2, -0.15) is 11.8 Å². The molecule has 0 aliphatic rings. The lowest BCUT2D eigenvalue weighted by molar-refractivity contribution is 0.961. The van der Waals surface area contributed by atoms with Crippen LogP contribution in [0.25, 0.3) is 0 Å². The fraction of sp³-hybridized carbons (Fsp3) is 0.556. The van der Waals surface area contributed by atoms with Crippen molar-refractivity contribution in [2.45, 2.75) is 19.1 Å². The molecule has 0 saturated carbocycles. The Morgan fingerprint density at radius 2 is 2.33 bits per heavy atom. The van der Waals surface area contributed by atoms with Gasteiger partial charge in [0.2, 0.25) is 0 Å². The molecule has 0 radical (unpaired) electrons. The molecule has 1 rings (SSSR count). The van der Waals surface area contributed by atoms with E-state index < -0.39 is 0 Å². The summed E-state index contributed by atoms with van der Waals surface area (Å²) in [5, 5.41) is 0.508. The van der Waals surface area contributed by atoms with Gasteiger partial charge in [-0.1, -0.05) is 6.92 Å². The summed E-state index contributed by atoms with van der Waals surface area (Å²) in [5.41, 5.74) is 5.69. The molecule has 1 heterocycles. The van der Waals surface area contributed by atoms with Crippen LogP contribution in [0.2, 0.25) is 0 Å². The van der Waals surface area contributed by atoms with Crippen molar-refractivity contribution in [1.29, 1.82) is 0 Å². The highest BCUT2D eigenvalue weighted by atomic mass is 32.2. The maximum absolute atomic E-state index is 5.69. The largest absolute Gasteiger partial charge is 0.329 e. The summed E-state index contributed by atoms with van der Waals surface area (Å²) in [6.07, 6.45) is 0. The Bertz CT molecular complexity index is 232. The number of hydrogen-bond acceptors (Lipinski definition) is 3. The van der Waals surface area contributed by atoms with Crippen LogP contribution in [0, 0.1) is 6.92 Å². The molecule has 1 aromatic heterocycles. The summed E-state index contributed by atoms with van der Waals surface area (Å²) < 4.78 is 0. The molecule has 0 aromatic carbocycles. The van der Waals surface area contributed by atoms with E-state index in [9.17, 15) is 0 Å². The minimum Gasteiger partial charge on any atom is -0.329 e. The third kappa shape index (κ3) is 2.51. The molecule has 68 valence electrons. The van der Waals surface area contributed by atoms with Crippen LogP contribution in [-0.4, -0.2) is 12.3 Å². The van der Waals surface area contributed by atoms with Crippen molar-refractivity contribution < 1.29 is 0 Å². The number of rotatable bonds is 4. The standard InChI is InChI=1S/C9H15NS2/c1-3-11-9(6-10)8-5-4-7(2)12-8/h4-5,9H,3,6,10H2,1-2H3. The summed E-state index contributed by atoms with van der Waals surface area (Å²) in [4.78, 5) is 2.79. The van der Waals surface area contributed by atoms with Crippen molar-refractivity contribution in [2.24, 2.45) is 5.73 Å². The van der Waals surface area contributed by atoms with E-state index >= 15 is 0 Å². The lowest BCUT2D eigenvalue weighted by Crippen LogP contribution is -2.08. The van der Waals surface area contributed by atoms with Crippen LogP contribution in [0.4, 0.5) is 0 Å². The van der Waals surface area contributed by atoms with E-state index in [2.05, 4.69) is 26.0 Å². The van der Waals surface area contributed by atoms with Crippen LogP contribution >= 0.6 is 23.1 Å². The highest BCUT2D eigenvalue weighted by molar-refractivity contribution is 7.99. The maximum atomic E-state index is 5.69. The molecule has 0 saturated heterocycles. The maximum Gasteiger partial charge on any atom is 0.0513 e. The van der Waals surface area contributed by atoms with Gasteiger partial charge in [-0.15, -0.1) is 11.3 Å². The van der Waals surface area contributed by atoms with Crippen LogP contribution in [0.5, 0.6) is 0 Å². The van der Waals surface area contributed by atoms with Crippen LogP contribution in [0.3, 0.4) is 0 Å². The average molecular weight is 201 g/mol. The molecule has 0 bridgehead atoms. The highest BCUT2D eigenvalue weighted by Gasteiger charge is 2.10. The first-order valence-electron chi connectivity index (χ1n) is 4.16. The second-order valence-corrected chi connectivity index (χ2v) is 5.43. The minimum absolute atomic E-state index is 0.508. The molecule has 0 amide bonds. The SMILES string of the molecule is CCSC(CN)c1ccc(C)s1. The summed E-state index contributed by atoms with van der Waals surface area (Å²) in [6, 6.07) is 4.36. The predicted molar refractivity (Wildman–Crippen MR) is 59.0 cm³/mol. The van der Waals surface area contributed by atoms with Crippen molar-refractivity contribution in [3.05, 3.63) is 21.9 Å². The molecule has 1 aromatic rings. The van der Waals surface area contributed by atoms with Gasteiger partial charge in [0.1, 0.15) is 0 Å². The Labute approximate surface area is 82.4 Å². The van der Waals surface area contributed by atoms with E-state index in [1.54, 1.807) is 0 Å². The fourth-order valence-electron chi connectivity index (χ4n) is 1.09. The highest BCUT2D eigenvalue weighted by Crippen LogP contribution is 2.32. The van der Waals surface area contributed by atoms with E-state index in [1.807, 2.05) is 23.1 Å². The number of hydrogen-bond donors (Lipinski definition) is 1. The Kier molecular flexibility index (Phi) is 4.12. The number of aryl methyl sites for hydroxylation is 1. The molecule has 12 heavy (non-hydrogen) atoms. The summed E-state index contributed by atoms with van der Waals surface area (Å²) in [6.45, 7) is 5.06. The third-order valence-corrected chi connectivity index (χ3v) is 4.11. The summed E-state index contributed by atoms with van der Waals surface area (Å²) in [7, 11) is 0. The molecule has 1 unspecified atom stereocenters. The van der Waals surface area contributed by atoms with Crippen molar-refractivity contribution in [3.8, 4) is 0 Å². The van der Waals surface area contributed by atoms with Gasteiger partial charge in [0.05, 0.1) is 5.25 Å². The smallest absolute Gasteiger partial charge is 0.0513 e. The molecule has 0 aliphatic heterocycles. The second kappa shape index (κ2) is 4.90. The molecular formula is C9H15NS2. The lowest BCUT2D eigenvalue weighted by atomic mass is 10.3. The average Bonchev–Trinajstić information content (AvgIpc) is 2.47. The van der Waals surface area contributed by atoms with Gasteiger partial charge in [-0.25, -0.2) is 0 Å². The van der Waals surface area contributed by atoms with Crippen LogP contribution in [0.15, 0.2) is 12.1 Å². The quantitative estimate of drug-likeness (QED) is 0.810. The van der Waals surface area contributed by atoms with Crippen LogP contribution in [-0.2, 0) is 0 Å². The lowest BCUT2D eigenvalue weighted by Gasteiger charge is -2.10. The molecule has 0 fully saturated rings. The van der Waals surface area contributed by atoms with Crippen molar-refractivity contribution >= 4 is 23.1 Å². The van der Waals surface area contributed by atoms with Crippen molar-refractivity contribution in [1.82, 2.24) is 0 Å². The van der Waals surface area contributed by atoms with E-state index in [4.69, 9.17) is 5.73 Å². The molecule has 3 heteroatoms. The molecule has 1 nitrogen and oxygen atoms in total. The van der Waals surface area contributed by atoms with Crippen molar-refractivity contribution in [2.75, 3.05) is 12.3 Å². The second-order valence-electron chi connectivity index (χ2n) is 2.63. The summed E-state index contributed by atoms with van der Waals surface area (Å²) >= 11 is 3.79. The topological polar surface area (TPSA) is 26.0 Å². The van der Waals surface area contributed by atoms with E-state index in [0.717, 1.165) is 12.3 Å². The number of thiophene rings is 1. The van der Waals surface area contributed by atoms with Gasteiger partial charge < -0.3 is 5.73 Å². The first-order valence-corrected chi connectivity index (χ1v) is 6.02. The first-order chi connectivity index (χ1) is 5.77. The normalized spacial score (nSPS) is 13.2. The predicted octanol–water partition coefficient (Wildman–Crippen LogP) is 2.81. The molecule has 0 spiro atoms. The van der Waals surface area contributed by atoms with E-state index in [0.29, 0.717) is 5.25 Å². The number of thioether (sulfide) groups is 1. The van der Waals surface area contributed by atoms with Gasteiger partial charge in [-0.3, -0.25) is 0 Å². The number of nitrogens with two attached hydrogens (primary N) is 1.